The molecule has 100 valence electrons. The Labute approximate surface area is 103 Å². The number of aromatic carboxylic acids is 1. The number of rotatable bonds is 5. The maximum absolute atomic E-state index is 12.5. The minimum Gasteiger partial charge on any atom is -0.478 e. The molecule has 1 rings (SSSR count). The summed E-state index contributed by atoms with van der Waals surface area (Å²) in [7, 11) is 0. The molecule has 0 bridgehead atoms. The van der Waals surface area contributed by atoms with Crippen LogP contribution < -0.4 is 4.90 Å². The quantitative estimate of drug-likeness (QED) is 0.885. The van der Waals surface area contributed by atoms with Crippen molar-refractivity contribution in [2.45, 2.75) is 19.5 Å². The highest BCUT2D eigenvalue weighted by molar-refractivity contribution is 5.94. The fraction of sp³-hybridized carbons (Fsp3) is 0.417. The zero-order chi connectivity index (χ0) is 13.8. The first-order valence-corrected chi connectivity index (χ1v) is 5.49. The number of hydrogen-bond donors (Lipinski definition) is 1. The van der Waals surface area contributed by atoms with E-state index in [-0.39, 0.29) is 17.8 Å². The zero-order valence-electron chi connectivity index (χ0n) is 9.87. The van der Waals surface area contributed by atoms with E-state index >= 15 is 0 Å². The first kappa shape index (κ1) is 14.3. The number of nitrogens with zero attached hydrogens (tertiary/aromatic N) is 1. The Kier molecular flexibility index (Phi) is 4.58. The zero-order valence-corrected chi connectivity index (χ0v) is 9.87. The van der Waals surface area contributed by atoms with Crippen molar-refractivity contribution in [2.75, 3.05) is 18.0 Å². The summed E-state index contributed by atoms with van der Waals surface area (Å²) in [6.45, 7) is 0.752. The number of carboxylic acid groups (broad SMARTS) is 1. The molecule has 0 aliphatic carbocycles. The standard InChI is InChI=1S/C12H14F3NO2/c1-2-7-16(8-12(13,14)15)10-6-4-3-5-9(10)11(17)18/h3-6H,2,7-8H2,1H3,(H,17,18). The van der Waals surface area contributed by atoms with Gasteiger partial charge in [-0.05, 0) is 18.6 Å². The van der Waals surface area contributed by atoms with E-state index in [1.54, 1.807) is 6.92 Å². The average molecular weight is 261 g/mol. The lowest BCUT2D eigenvalue weighted by Gasteiger charge is -2.26. The summed E-state index contributed by atoms with van der Waals surface area (Å²) in [4.78, 5) is 12.0. The van der Waals surface area contributed by atoms with Crippen molar-refractivity contribution in [1.29, 1.82) is 0 Å². The molecular formula is C12H14F3NO2. The summed E-state index contributed by atoms with van der Waals surface area (Å²) in [5.41, 5.74) is -0.0145. The van der Waals surface area contributed by atoms with Crippen molar-refractivity contribution in [3.05, 3.63) is 29.8 Å². The summed E-state index contributed by atoms with van der Waals surface area (Å²) in [5, 5.41) is 8.97. The van der Waals surface area contributed by atoms with Gasteiger partial charge in [0.15, 0.2) is 0 Å². The third-order valence-electron chi connectivity index (χ3n) is 2.34. The second-order valence-electron chi connectivity index (χ2n) is 3.86. The fourth-order valence-electron chi connectivity index (χ4n) is 1.70. The molecule has 0 heterocycles. The van der Waals surface area contributed by atoms with Gasteiger partial charge in [0.05, 0.1) is 11.3 Å². The molecule has 0 saturated heterocycles. The average Bonchev–Trinajstić information content (AvgIpc) is 2.26. The predicted molar refractivity (Wildman–Crippen MR) is 62.0 cm³/mol. The van der Waals surface area contributed by atoms with E-state index in [1.807, 2.05) is 0 Å². The molecule has 0 aromatic heterocycles. The number of hydrogen-bond acceptors (Lipinski definition) is 2. The normalized spacial score (nSPS) is 11.3. The monoisotopic (exact) mass is 261 g/mol. The molecule has 0 radical (unpaired) electrons. The van der Waals surface area contributed by atoms with Crippen LogP contribution in [-0.4, -0.2) is 30.3 Å². The van der Waals surface area contributed by atoms with Gasteiger partial charge >= 0.3 is 12.1 Å². The molecule has 3 nitrogen and oxygen atoms in total. The van der Waals surface area contributed by atoms with Gasteiger partial charge in [0.2, 0.25) is 0 Å². The summed E-state index contributed by atoms with van der Waals surface area (Å²) in [5.74, 6) is -1.23. The van der Waals surface area contributed by atoms with Gasteiger partial charge in [0.1, 0.15) is 6.54 Å². The fourth-order valence-corrected chi connectivity index (χ4v) is 1.70. The third-order valence-corrected chi connectivity index (χ3v) is 2.34. The summed E-state index contributed by atoms with van der Waals surface area (Å²) in [6.07, 6.45) is -3.86. The highest BCUT2D eigenvalue weighted by Crippen LogP contribution is 2.25. The molecule has 0 saturated carbocycles. The Balaban J connectivity index is 3.09. The lowest BCUT2D eigenvalue weighted by molar-refractivity contribution is -0.119. The predicted octanol–water partition coefficient (Wildman–Crippen LogP) is 3.16. The molecule has 1 N–H and O–H groups in total. The molecule has 0 amide bonds. The summed E-state index contributed by atoms with van der Waals surface area (Å²) >= 11 is 0. The molecule has 0 aliphatic heterocycles. The lowest BCUT2D eigenvalue weighted by atomic mass is 10.1. The maximum atomic E-state index is 12.5. The SMILES string of the molecule is CCCN(CC(F)(F)F)c1ccccc1C(=O)O. The van der Waals surface area contributed by atoms with E-state index in [1.165, 1.54) is 24.3 Å². The van der Waals surface area contributed by atoms with Crippen molar-refractivity contribution < 1.29 is 23.1 Å². The van der Waals surface area contributed by atoms with Crippen LogP contribution in [-0.2, 0) is 0 Å². The molecule has 1 aromatic rings. The van der Waals surface area contributed by atoms with Crippen LogP contribution in [0, 0.1) is 0 Å². The Morgan fingerprint density at radius 2 is 1.94 bits per heavy atom. The summed E-state index contributed by atoms with van der Waals surface area (Å²) < 4.78 is 37.4. The number of carbonyl (C=O) groups is 1. The van der Waals surface area contributed by atoms with Gasteiger partial charge in [-0.15, -0.1) is 0 Å². The highest BCUT2D eigenvalue weighted by Gasteiger charge is 2.31. The lowest BCUT2D eigenvalue weighted by Crippen LogP contribution is -2.35. The van der Waals surface area contributed by atoms with Crippen LogP contribution in [0.1, 0.15) is 23.7 Å². The van der Waals surface area contributed by atoms with E-state index in [4.69, 9.17) is 5.11 Å². The Morgan fingerprint density at radius 1 is 1.33 bits per heavy atom. The van der Waals surface area contributed by atoms with Crippen LogP contribution in [0.25, 0.3) is 0 Å². The summed E-state index contributed by atoms with van der Waals surface area (Å²) in [6, 6.07) is 5.72. The van der Waals surface area contributed by atoms with E-state index in [2.05, 4.69) is 0 Å². The van der Waals surface area contributed by atoms with Crippen molar-refractivity contribution in [1.82, 2.24) is 0 Å². The molecule has 0 atom stereocenters. The van der Waals surface area contributed by atoms with Crippen LogP contribution in [0.4, 0.5) is 18.9 Å². The molecule has 0 unspecified atom stereocenters. The minimum absolute atomic E-state index is 0.101. The molecule has 1 aromatic carbocycles. The first-order valence-electron chi connectivity index (χ1n) is 5.49. The number of alkyl halides is 3. The van der Waals surface area contributed by atoms with Crippen molar-refractivity contribution in [3.8, 4) is 0 Å². The Morgan fingerprint density at radius 3 is 2.44 bits per heavy atom. The number of para-hydroxylation sites is 1. The van der Waals surface area contributed by atoms with Crippen LogP contribution in [0.15, 0.2) is 24.3 Å². The van der Waals surface area contributed by atoms with Gasteiger partial charge in [-0.25, -0.2) is 4.79 Å². The number of carboxylic acids is 1. The second kappa shape index (κ2) is 5.75. The minimum atomic E-state index is -4.36. The maximum Gasteiger partial charge on any atom is 0.405 e. The number of anilines is 1. The van der Waals surface area contributed by atoms with Crippen LogP contribution in [0.3, 0.4) is 0 Å². The molecule has 0 aliphatic rings. The van der Waals surface area contributed by atoms with Gasteiger partial charge < -0.3 is 10.0 Å². The largest absolute Gasteiger partial charge is 0.478 e. The molecule has 0 spiro atoms. The van der Waals surface area contributed by atoms with E-state index in [9.17, 15) is 18.0 Å². The number of benzene rings is 1. The van der Waals surface area contributed by atoms with Gasteiger partial charge in [-0.2, -0.15) is 13.2 Å². The van der Waals surface area contributed by atoms with Crippen molar-refractivity contribution in [2.24, 2.45) is 0 Å². The van der Waals surface area contributed by atoms with Crippen LogP contribution in [0.2, 0.25) is 0 Å². The molecule has 0 fully saturated rings. The Hall–Kier alpha value is -1.72. The van der Waals surface area contributed by atoms with Crippen LogP contribution in [0.5, 0.6) is 0 Å². The molecular weight excluding hydrogens is 247 g/mol. The molecule has 18 heavy (non-hydrogen) atoms. The van der Waals surface area contributed by atoms with Crippen molar-refractivity contribution >= 4 is 11.7 Å². The van der Waals surface area contributed by atoms with E-state index in [0.717, 1.165) is 4.90 Å². The van der Waals surface area contributed by atoms with Gasteiger partial charge in [0.25, 0.3) is 0 Å². The van der Waals surface area contributed by atoms with Crippen molar-refractivity contribution in [3.63, 3.8) is 0 Å². The first-order chi connectivity index (χ1) is 8.35. The highest BCUT2D eigenvalue weighted by atomic mass is 19.4. The second-order valence-corrected chi connectivity index (χ2v) is 3.86. The topological polar surface area (TPSA) is 40.5 Å². The van der Waals surface area contributed by atoms with Gasteiger partial charge in [-0.1, -0.05) is 19.1 Å². The van der Waals surface area contributed by atoms with Gasteiger partial charge in [-0.3, -0.25) is 0 Å². The smallest absolute Gasteiger partial charge is 0.405 e. The van der Waals surface area contributed by atoms with Crippen LogP contribution >= 0.6 is 0 Å². The number of halogens is 3. The Bertz CT molecular complexity index is 418. The van der Waals surface area contributed by atoms with Gasteiger partial charge in [0, 0.05) is 6.54 Å². The third kappa shape index (κ3) is 3.94. The van der Waals surface area contributed by atoms with E-state index < -0.39 is 18.7 Å². The molecule has 6 heteroatoms. The van der Waals surface area contributed by atoms with E-state index in [0.29, 0.717) is 6.42 Å².